The van der Waals surface area contributed by atoms with Gasteiger partial charge in [-0.2, -0.15) is 0 Å². The summed E-state index contributed by atoms with van der Waals surface area (Å²) in [4.78, 5) is 26.0. The molecule has 148 valence electrons. The normalized spacial score (nSPS) is 16.5. The van der Waals surface area contributed by atoms with E-state index >= 15 is 0 Å². The number of benzene rings is 2. The van der Waals surface area contributed by atoms with Gasteiger partial charge in [-0.05, 0) is 57.0 Å². The van der Waals surface area contributed by atoms with Gasteiger partial charge in [-0.1, -0.05) is 30.3 Å². The van der Waals surface area contributed by atoms with Crippen molar-refractivity contribution < 1.29 is 14.3 Å². The first-order chi connectivity index (χ1) is 13.3. The molecule has 0 spiro atoms. The maximum atomic E-state index is 12.2. The van der Waals surface area contributed by atoms with Crippen molar-refractivity contribution in [3.63, 3.8) is 0 Å². The van der Waals surface area contributed by atoms with Crippen molar-refractivity contribution >= 4 is 23.5 Å². The SMILES string of the molecule is CC(C)(C)OC(=O)N1CC[C@@H](c2ccc(NC(=O)Nc3ccccc3)cc2)C1. The Hall–Kier alpha value is -3.02. The van der Waals surface area contributed by atoms with E-state index in [0.29, 0.717) is 13.1 Å². The van der Waals surface area contributed by atoms with E-state index in [1.165, 1.54) is 0 Å². The molecule has 3 amide bonds. The second-order valence-electron chi connectivity index (χ2n) is 7.98. The van der Waals surface area contributed by atoms with E-state index in [2.05, 4.69) is 10.6 Å². The molecule has 0 saturated carbocycles. The lowest BCUT2D eigenvalue weighted by atomic mass is 9.98. The van der Waals surface area contributed by atoms with Crippen molar-refractivity contribution in [3.05, 3.63) is 60.2 Å². The summed E-state index contributed by atoms with van der Waals surface area (Å²) in [5.41, 5.74) is 2.13. The minimum Gasteiger partial charge on any atom is -0.444 e. The van der Waals surface area contributed by atoms with Gasteiger partial charge in [0.2, 0.25) is 0 Å². The quantitative estimate of drug-likeness (QED) is 0.781. The molecule has 0 aromatic heterocycles. The van der Waals surface area contributed by atoms with E-state index in [1.807, 2.05) is 75.4 Å². The van der Waals surface area contributed by atoms with Crippen molar-refractivity contribution in [2.45, 2.75) is 38.7 Å². The van der Waals surface area contributed by atoms with Gasteiger partial charge >= 0.3 is 12.1 Å². The van der Waals surface area contributed by atoms with E-state index in [9.17, 15) is 9.59 Å². The standard InChI is InChI=1S/C22H27N3O3/c1-22(2,3)28-21(27)25-14-13-17(15-25)16-9-11-19(12-10-16)24-20(26)23-18-7-5-4-6-8-18/h4-12,17H,13-15H2,1-3H3,(H2,23,24,26)/t17-/m1/s1. The van der Waals surface area contributed by atoms with Crippen LogP contribution in [0.3, 0.4) is 0 Å². The van der Waals surface area contributed by atoms with Gasteiger partial charge in [0, 0.05) is 30.4 Å². The Morgan fingerprint density at radius 1 is 0.964 bits per heavy atom. The van der Waals surface area contributed by atoms with E-state index in [1.54, 1.807) is 4.90 Å². The molecular weight excluding hydrogens is 354 g/mol. The van der Waals surface area contributed by atoms with Crippen molar-refractivity contribution in [2.75, 3.05) is 23.7 Å². The maximum absolute atomic E-state index is 12.2. The summed E-state index contributed by atoms with van der Waals surface area (Å²) in [6.45, 7) is 6.96. The summed E-state index contributed by atoms with van der Waals surface area (Å²) in [6, 6.07) is 16.8. The van der Waals surface area contributed by atoms with Crippen LogP contribution in [0.4, 0.5) is 21.0 Å². The van der Waals surface area contributed by atoms with E-state index in [0.717, 1.165) is 23.4 Å². The number of carbonyl (C=O) groups excluding carboxylic acids is 2. The summed E-state index contributed by atoms with van der Waals surface area (Å²) < 4.78 is 5.45. The molecule has 0 radical (unpaired) electrons. The van der Waals surface area contributed by atoms with Crippen LogP contribution >= 0.6 is 0 Å². The zero-order chi connectivity index (χ0) is 20.1. The molecule has 1 aliphatic rings. The number of nitrogens with one attached hydrogen (secondary N) is 2. The Balaban J connectivity index is 1.53. The Labute approximate surface area is 165 Å². The molecule has 2 aromatic carbocycles. The zero-order valence-corrected chi connectivity index (χ0v) is 16.6. The van der Waals surface area contributed by atoms with Crippen LogP contribution in [0.2, 0.25) is 0 Å². The van der Waals surface area contributed by atoms with E-state index in [-0.39, 0.29) is 18.0 Å². The van der Waals surface area contributed by atoms with Crippen LogP contribution < -0.4 is 10.6 Å². The molecule has 1 atom stereocenters. The Kier molecular flexibility index (Phi) is 5.87. The average molecular weight is 381 g/mol. The molecule has 1 aliphatic heterocycles. The van der Waals surface area contributed by atoms with E-state index in [4.69, 9.17) is 4.74 Å². The van der Waals surface area contributed by atoms with Gasteiger partial charge in [-0.25, -0.2) is 9.59 Å². The number of hydrogen-bond acceptors (Lipinski definition) is 3. The second-order valence-corrected chi connectivity index (χ2v) is 7.98. The Morgan fingerprint density at radius 2 is 1.57 bits per heavy atom. The van der Waals surface area contributed by atoms with Gasteiger partial charge in [0.05, 0.1) is 0 Å². The molecule has 6 nitrogen and oxygen atoms in total. The van der Waals surface area contributed by atoms with Crippen LogP contribution in [-0.2, 0) is 4.74 Å². The van der Waals surface area contributed by atoms with Gasteiger partial charge in [0.25, 0.3) is 0 Å². The number of anilines is 2. The fourth-order valence-corrected chi connectivity index (χ4v) is 3.18. The zero-order valence-electron chi connectivity index (χ0n) is 16.6. The molecular formula is C22H27N3O3. The molecule has 1 heterocycles. The number of nitrogens with zero attached hydrogens (tertiary/aromatic N) is 1. The molecule has 2 N–H and O–H groups in total. The van der Waals surface area contributed by atoms with Gasteiger partial charge in [-0.15, -0.1) is 0 Å². The summed E-state index contributed by atoms with van der Waals surface area (Å²) in [6.07, 6.45) is 0.645. The highest BCUT2D eigenvalue weighted by Gasteiger charge is 2.30. The topological polar surface area (TPSA) is 70.7 Å². The van der Waals surface area contributed by atoms with Crippen molar-refractivity contribution in [3.8, 4) is 0 Å². The second kappa shape index (κ2) is 8.33. The first kappa shape index (κ1) is 19.7. The number of carbonyl (C=O) groups is 2. The number of para-hydroxylation sites is 1. The maximum Gasteiger partial charge on any atom is 0.410 e. The number of ether oxygens (including phenoxy) is 1. The number of urea groups is 1. The highest BCUT2D eigenvalue weighted by molar-refractivity contribution is 5.99. The molecule has 0 bridgehead atoms. The van der Waals surface area contributed by atoms with Gasteiger partial charge in [0.1, 0.15) is 5.60 Å². The minimum absolute atomic E-state index is 0.258. The molecule has 6 heteroatoms. The van der Waals surface area contributed by atoms with Crippen LogP contribution in [0.5, 0.6) is 0 Å². The fourth-order valence-electron chi connectivity index (χ4n) is 3.18. The third-order valence-electron chi connectivity index (χ3n) is 4.51. The lowest BCUT2D eigenvalue weighted by Crippen LogP contribution is -2.35. The Bertz CT molecular complexity index is 813. The number of rotatable bonds is 3. The fraction of sp³-hybridized carbons (Fsp3) is 0.364. The predicted octanol–water partition coefficient (Wildman–Crippen LogP) is 5.06. The number of hydrogen-bond donors (Lipinski definition) is 2. The lowest BCUT2D eigenvalue weighted by Gasteiger charge is -2.24. The van der Waals surface area contributed by atoms with E-state index < -0.39 is 5.60 Å². The highest BCUT2D eigenvalue weighted by Crippen LogP contribution is 2.29. The summed E-state index contributed by atoms with van der Waals surface area (Å²) in [5, 5.41) is 5.62. The van der Waals surface area contributed by atoms with Crippen LogP contribution in [0.1, 0.15) is 38.7 Å². The molecule has 28 heavy (non-hydrogen) atoms. The Morgan fingerprint density at radius 3 is 2.18 bits per heavy atom. The predicted molar refractivity (Wildman–Crippen MR) is 111 cm³/mol. The van der Waals surface area contributed by atoms with Gasteiger partial charge < -0.3 is 20.3 Å². The van der Waals surface area contributed by atoms with Gasteiger partial charge in [0.15, 0.2) is 0 Å². The average Bonchev–Trinajstić information content (AvgIpc) is 3.12. The van der Waals surface area contributed by atoms with Gasteiger partial charge in [-0.3, -0.25) is 0 Å². The molecule has 1 saturated heterocycles. The first-order valence-corrected chi connectivity index (χ1v) is 9.51. The van der Waals surface area contributed by atoms with Crippen LogP contribution in [0, 0.1) is 0 Å². The third-order valence-corrected chi connectivity index (χ3v) is 4.51. The summed E-state index contributed by atoms with van der Waals surface area (Å²) in [5.74, 6) is 0.278. The molecule has 0 aliphatic carbocycles. The summed E-state index contributed by atoms with van der Waals surface area (Å²) in [7, 11) is 0. The van der Waals surface area contributed by atoms with Crippen molar-refractivity contribution in [1.29, 1.82) is 0 Å². The van der Waals surface area contributed by atoms with Crippen molar-refractivity contribution in [2.24, 2.45) is 0 Å². The first-order valence-electron chi connectivity index (χ1n) is 9.51. The molecule has 0 unspecified atom stereocenters. The smallest absolute Gasteiger partial charge is 0.410 e. The molecule has 1 fully saturated rings. The number of likely N-dealkylation sites (tertiary alicyclic amines) is 1. The number of amides is 3. The minimum atomic E-state index is -0.483. The summed E-state index contributed by atoms with van der Waals surface area (Å²) >= 11 is 0. The lowest BCUT2D eigenvalue weighted by molar-refractivity contribution is 0.0292. The van der Waals surface area contributed by atoms with Crippen molar-refractivity contribution in [1.82, 2.24) is 4.90 Å². The molecule has 3 rings (SSSR count). The van der Waals surface area contributed by atoms with Crippen LogP contribution in [-0.4, -0.2) is 35.7 Å². The molecule has 2 aromatic rings. The largest absolute Gasteiger partial charge is 0.444 e. The van der Waals surface area contributed by atoms with Crippen LogP contribution in [0.15, 0.2) is 54.6 Å². The third kappa shape index (κ3) is 5.49. The highest BCUT2D eigenvalue weighted by atomic mass is 16.6. The van der Waals surface area contributed by atoms with Crippen LogP contribution in [0.25, 0.3) is 0 Å². The monoisotopic (exact) mass is 381 g/mol.